The number of carboxylic acid groups (broad SMARTS) is 1. The number of carbonyl (C=O) groups is 2. The summed E-state index contributed by atoms with van der Waals surface area (Å²) < 4.78 is 5.06. The van der Waals surface area contributed by atoms with Crippen molar-refractivity contribution in [1.29, 1.82) is 0 Å². The van der Waals surface area contributed by atoms with Gasteiger partial charge in [-0.2, -0.15) is 0 Å². The van der Waals surface area contributed by atoms with Gasteiger partial charge in [0, 0.05) is 12.4 Å². The Labute approximate surface area is 156 Å². The number of hydrogen-bond donors (Lipinski definition) is 2. The summed E-state index contributed by atoms with van der Waals surface area (Å²) in [5.74, 6) is -1.58. The quantitative estimate of drug-likeness (QED) is 0.674. The molecule has 27 heavy (non-hydrogen) atoms. The number of nitrogens with zero attached hydrogens (tertiary/aromatic N) is 1. The van der Waals surface area contributed by atoms with Gasteiger partial charge in [-0.05, 0) is 23.3 Å². The zero-order chi connectivity index (χ0) is 19.5. The largest absolute Gasteiger partial charge is 0.478 e. The number of benzene rings is 2. The number of esters is 1. The van der Waals surface area contributed by atoms with Crippen molar-refractivity contribution < 1.29 is 24.5 Å². The van der Waals surface area contributed by atoms with Crippen LogP contribution in [0.4, 0.5) is 0 Å². The Balaban J connectivity index is 0.000000244. The van der Waals surface area contributed by atoms with Crippen molar-refractivity contribution in [2.45, 2.75) is 12.7 Å². The van der Waals surface area contributed by atoms with E-state index in [0.717, 1.165) is 5.56 Å². The van der Waals surface area contributed by atoms with E-state index in [1.165, 1.54) is 18.5 Å². The summed E-state index contributed by atoms with van der Waals surface area (Å²) in [6.07, 6.45) is 1.62. The van der Waals surface area contributed by atoms with E-state index >= 15 is 0 Å². The maximum Gasteiger partial charge on any atom is 0.339 e. The maximum atomic E-state index is 11.6. The second-order valence-electron chi connectivity index (χ2n) is 5.45. The van der Waals surface area contributed by atoms with Crippen LogP contribution in [0.25, 0.3) is 0 Å². The average Bonchev–Trinajstić information content (AvgIpc) is 2.74. The first-order chi connectivity index (χ1) is 13.1. The van der Waals surface area contributed by atoms with Gasteiger partial charge in [-0.1, -0.05) is 60.7 Å². The highest BCUT2D eigenvalue weighted by Crippen LogP contribution is 2.14. The van der Waals surface area contributed by atoms with Gasteiger partial charge in [0.05, 0.1) is 5.56 Å². The van der Waals surface area contributed by atoms with Crippen LogP contribution in [0.15, 0.2) is 85.2 Å². The molecule has 0 radical (unpaired) electrons. The summed E-state index contributed by atoms with van der Waals surface area (Å²) in [5.41, 5.74) is 1.65. The molecule has 6 heteroatoms. The van der Waals surface area contributed by atoms with Crippen LogP contribution in [0.5, 0.6) is 0 Å². The van der Waals surface area contributed by atoms with Gasteiger partial charge >= 0.3 is 11.9 Å². The zero-order valence-electron chi connectivity index (χ0n) is 14.4. The molecule has 1 aromatic heterocycles. The predicted molar refractivity (Wildman–Crippen MR) is 98.8 cm³/mol. The Bertz CT molecular complexity index is 838. The van der Waals surface area contributed by atoms with Gasteiger partial charge in [-0.3, -0.25) is 4.98 Å². The van der Waals surface area contributed by atoms with Crippen LogP contribution in [-0.2, 0) is 16.1 Å². The fourth-order valence-electron chi connectivity index (χ4n) is 2.07. The lowest BCUT2D eigenvalue weighted by Crippen LogP contribution is -2.15. The lowest BCUT2D eigenvalue weighted by atomic mass is 10.1. The van der Waals surface area contributed by atoms with Gasteiger partial charge in [0.2, 0.25) is 0 Å². The van der Waals surface area contributed by atoms with Gasteiger partial charge in [0.1, 0.15) is 6.61 Å². The van der Waals surface area contributed by atoms with Crippen molar-refractivity contribution in [3.05, 3.63) is 102 Å². The van der Waals surface area contributed by atoms with E-state index in [9.17, 15) is 14.7 Å². The molecule has 1 heterocycles. The number of aromatic carboxylic acids is 1. The number of carboxylic acids is 1. The first-order valence-corrected chi connectivity index (χ1v) is 8.15. The predicted octanol–water partition coefficient (Wildman–Crippen LogP) is 3.24. The monoisotopic (exact) mass is 365 g/mol. The van der Waals surface area contributed by atoms with E-state index in [2.05, 4.69) is 4.98 Å². The van der Waals surface area contributed by atoms with E-state index in [-0.39, 0.29) is 12.2 Å². The third-order valence-corrected chi connectivity index (χ3v) is 3.47. The molecule has 138 valence electrons. The minimum atomic E-state index is -1.23. The lowest BCUT2D eigenvalue weighted by Gasteiger charge is -2.10. The summed E-state index contributed by atoms with van der Waals surface area (Å²) in [4.78, 5) is 25.4. The third kappa shape index (κ3) is 6.72. The Kier molecular flexibility index (Phi) is 7.68. The van der Waals surface area contributed by atoms with Crippen LogP contribution < -0.4 is 0 Å². The van der Waals surface area contributed by atoms with Crippen molar-refractivity contribution in [1.82, 2.24) is 4.98 Å². The van der Waals surface area contributed by atoms with Crippen molar-refractivity contribution in [3.8, 4) is 0 Å². The van der Waals surface area contributed by atoms with Gasteiger partial charge in [-0.25, -0.2) is 9.59 Å². The normalized spacial score (nSPS) is 10.9. The summed E-state index contributed by atoms with van der Waals surface area (Å²) >= 11 is 0. The third-order valence-electron chi connectivity index (χ3n) is 3.47. The molecule has 1 unspecified atom stereocenters. The van der Waals surface area contributed by atoms with Crippen molar-refractivity contribution in [3.63, 3.8) is 0 Å². The van der Waals surface area contributed by atoms with Crippen LogP contribution >= 0.6 is 0 Å². The molecule has 1 atom stereocenters. The van der Waals surface area contributed by atoms with E-state index in [1.54, 1.807) is 30.3 Å². The van der Waals surface area contributed by atoms with Crippen LogP contribution in [0, 0.1) is 0 Å². The molecular weight excluding hydrogens is 346 g/mol. The van der Waals surface area contributed by atoms with Crippen molar-refractivity contribution in [2.75, 3.05) is 0 Å². The Morgan fingerprint density at radius 2 is 1.56 bits per heavy atom. The van der Waals surface area contributed by atoms with Gasteiger partial charge in [0.15, 0.2) is 6.10 Å². The molecule has 2 N–H and O–H groups in total. The molecule has 0 saturated heterocycles. The first kappa shape index (κ1) is 19.8. The number of aliphatic hydroxyl groups excluding tert-OH is 1. The topological polar surface area (TPSA) is 96.7 Å². The van der Waals surface area contributed by atoms with Crippen LogP contribution in [0.1, 0.15) is 27.6 Å². The molecule has 0 aliphatic heterocycles. The number of hydrogen-bond acceptors (Lipinski definition) is 5. The van der Waals surface area contributed by atoms with Crippen molar-refractivity contribution in [2.24, 2.45) is 0 Å². The highest BCUT2D eigenvalue weighted by atomic mass is 16.5. The molecule has 0 amide bonds. The standard InChI is InChI=1S/C15H14O3.C6H5NO2/c16-14(13-9-5-2-6-10-13)15(17)18-11-12-7-3-1-4-8-12;8-6(9)5-2-1-3-7-4-5/h1-10,14,16H,11H2;1-4H,(H,8,9). The van der Waals surface area contributed by atoms with E-state index in [0.29, 0.717) is 5.56 Å². The molecule has 2 aromatic carbocycles. The summed E-state index contributed by atoms with van der Waals surface area (Å²) in [6.45, 7) is 0.170. The van der Waals surface area contributed by atoms with Crippen LogP contribution in [-0.4, -0.2) is 27.1 Å². The van der Waals surface area contributed by atoms with E-state index < -0.39 is 18.0 Å². The van der Waals surface area contributed by atoms with Gasteiger partial charge in [0.25, 0.3) is 0 Å². The van der Waals surface area contributed by atoms with E-state index in [1.807, 2.05) is 36.4 Å². The molecule has 0 aliphatic rings. The number of aliphatic hydroxyl groups is 1. The molecule has 3 aromatic rings. The second kappa shape index (κ2) is 10.5. The molecule has 0 bridgehead atoms. The van der Waals surface area contributed by atoms with Gasteiger partial charge in [-0.15, -0.1) is 0 Å². The molecule has 6 nitrogen and oxygen atoms in total. The minimum Gasteiger partial charge on any atom is -0.478 e. The summed E-state index contributed by atoms with van der Waals surface area (Å²) in [7, 11) is 0. The number of rotatable bonds is 5. The number of aromatic nitrogens is 1. The Hall–Kier alpha value is -3.51. The SMILES string of the molecule is O=C(O)c1cccnc1.O=C(OCc1ccccc1)C(O)c1ccccc1. The number of ether oxygens (including phenoxy) is 1. The maximum absolute atomic E-state index is 11.6. The second-order valence-corrected chi connectivity index (χ2v) is 5.45. The summed E-state index contributed by atoms with van der Waals surface area (Å²) in [5, 5.41) is 18.1. The highest BCUT2D eigenvalue weighted by molar-refractivity contribution is 5.86. The van der Waals surface area contributed by atoms with Crippen LogP contribution in [0.2, 0.25) is 0 Å². The first-order valence-electron chi connectivity index (χ1n) is 8.15. The molecule has 3 rings (SSSR count). The smallest absolute Gasteiger partial charge is 0.339 e. The zero-order valence-corrected chi connectivity index (χ0v) is 14.4. The van der Waals surface area contributed by atoms with Crippen LogP contribution in [0.3, 0.4) is 0 Å². The minimum absolute atomic E-state index is 0.170. The number of carbonyl (C=O) groups excluding carboxylic acids is 1. The molecule has 0 fully saturated rings. The average molecular weight is 365 g/mol. The van der Waals surface area contributed by atoms with Gasteiger partial charge < -0.3 is 14.9 Å². The number of pyridine rings is 1. The Morgan fingerprint density at radius 1 is 0.926 bits per heavy atom. The molecule has 0 saturated carbocycles. The van der Waals surface area contributed by atoms with Crippen molar-refractivity contribution >= 4 is 11.9 Å². The molecule has 0 spiro atoms. The molecular formula is C21H19NO5. The highest BCUT2D eigenvalue weighted by Gasteiger charge is 2.18. The summed E-state index contributed by atoms with van der Waals surface area (Å²) in [6, 6.07) is 21.2. The fourth-order valence-corrected chi connectivity index (χ4v) is 2.07. The fraction of sp³-hybridized carbons (Fsp3) is 0.0952. The van der Waals surface area contributed by atoms with E-state index in [4.69, 9.17) is 9.84 Å². The Morgan fingerprint density at radius 3 is 2.07 bits per heavy atom. The molecule has 0 aliphatic carbocycles. The lowest BCUT2D eigenvalue weighted by molar-refractivity contribution is -0.155.